The van der Waals surface area contributed by atoms with E-state index in [9.17, 15) is 4.79 Å². The third-order valence-electron chi connectivity index (χ3n) is 2.47. The molecule has 17 heavy (non-hydrogen) atoms. The van der Waals surface area contributed by atoms with Crippen LogP contribution < -0.4 is 5.32 Å². The lowest BCUT2D eigenvalue weighted by atomic mass is 9.98. The Morgan fingerprint density at radius 2 is 2.29 bits per heavy atom. The molecule has 1 aromatic rings. The molecule has 1 aromatic heterocycles. The zero-order chi connectivity index (χ0) is 13.1. The van der Waals surface area contributed by atoms with Crippen molar-refractivity contribution in [3.05, 3.63) is 12.3 Å². The first-order valence-electron chi connectivity index (χ1n) is 5.02. The van der Waals surface area contributed by atoms with Crippen LogP contribution in [0.15, 0.2) is 22.4 Å². The summed E-state index contributed by atoms with van der Waals surface area (Å²) in [6.45, 7) is 3.52. The molecule has 1 heterocycles. The van der Waals surface area contributed by atoms with Gasteiger partial charge in [-0.05, 0) is 26.2 Å². The maximum Gasteiger partial charge on any atom is 0.271 e. The molecule has 6 nitrogen and oxygen atoms in total. The Labute approximate surface area is 104 Å². The molecule has 7 heteroatoms. The molecular weight excluding hydrogens is 240 g/mol. The maximum absolute atomic E-state index is 11.6. The molecule has 0 aliphatic carbocycles. The van der Waals surface area contributed by atoms with Crippen LogP contribution in [0.3, 0.4) is 0 Å². The molecule has 1 amide bonds. The molecule has 2 N–H and O–H groups in total. The fourth-order valence-corrected chi connectivity index (χ4v) is 1.77. The molecule has 0 aliphatic heterocycles. The Morgan fingerprint density at radius 1 is 1.65 bits per heavy atom. The second kappa shape index (κ2) is 5.22. The predicted octanol–water partition coefficient (Wildman–Crippen LogP) is 0.916. The van der Waals surface area contributed by atoms with E-state index in [-0.39, 0.29) is 5.71 Å². The molecule has 1 rings (SSSR count). The van der Waals surface area contributed by atoms with Crippen molar-refractivity contribution in [3.8, 4) is 0 Å². The van der Waals surface area contributed by atoms with Crippen LogP contribution in [-0.4, -0.2) is 39.9 Å². The van der Waals surface area contributed by atoms with Gasteiger partial charge in [0.05, 0.1) is 0 Å². The number of aromatic nitrogens is 2. The average molecular weight is 256 g/mol. The van der Waals surface area contributed by atoms with E-state index in [1.54, 1.807) is 24.7 Å². The lowest BCUT2D eigenvalue weighted by Crippen LogP contribution is -2.45. The fourth-order valence-electron chi connectivity index (χ4n) is 1.40. The molecule has 0 unspecified atom stereocenters. The monoisotopic (exact) mass is 256 g/mol. The van der Waals surface area contributed by atoms with Crippen molar-refractivity contribution >= 4 is 23.4 Å². The van der Waals surface area contributed by atoms with Crippen LogP contribution in [0, 0.1) is 0 Å². The normalized spacial score (nSPS) is 12.6. The van der Waals surface area contributed by atoms with Gasteiger partial charge in [0.2, 0.25) is 0 Å². The second-order valence-electron chi connectivity index (χ2n) is 3.89. The summed E-state index contributed by atoms with van der Waals surface area (Å²) in [5.41, 5.74) is -0.807. The summed E-state index contributed by atoms with van der Waals surface area (Å²) < 4.78 is 1.60. The number of carbonyl (C=O) groups excluding carboxylic acids is 1. The number of hydrogen-bond acceptors (Lipinski definition) is 5. The number of oxime groups is 1. The van der Waals surface area contributed by atoms with Gasteiger partial charge in [-0.3, -0.25) is 9.48 Å². The lowest BCUT2D eigenvalue weighted by molar-refractivity contribution is -0.114. The van der Waals surface area contributed by atoms with E-state index < -0.39 is 11.4 Å². The van der Waals surface area contributed by atoms with Crippen LogP contribution in [0.4, 0.5) is 0 Å². The first-order valence-corrected chi connectivity index (χ1v) is 6.24. The lowest BCUT2D eigenvalue weighted by Gasteiger charge is -2.25. The van der Waals surface area contributed by atoms with Crippen molar-refractivity contribution in [2.24, 2.45) is 5.16 Å². The fraction of sp³-hybridized carbons (Fsp3) is 0.500. The van der Waals surface area contributed by atoms with E-state index in [2.05, 4.69) is 15.6 Å². The zero-order valence-electron chi connectivity index (χ0n) is 10.3. The number of nitrogens with one attached hydrogen (secondary N) is 1. The third-order valence-corrected chi connectivity index (χ3v) is 3.10. The SMILES string of the molecule is CNC(=O)C(=NO)C(C)(C)n1ccc(SC)n1. The molecule has 94 valence electrons. The molecule has 0 saturated carbocycles. The van der Waals surface area contributed by atoms with E-state index in [0.717, 1.165) is 5.03 Å². The predicted molar refractivity (Wildman–Crippen MR) is 66.6 cm³/mol. The Morgan fingerprint density at radius 3 is 2.71 bits per heavy atom. The summed E-state index contributed by atoms with van der Waals surface area (Å²) in [5.74, 6) is -0.432. The molecule has 0 saturated heterocycles. The molecular formula is C10H16N4O2S. The number of nitrogens with zero attached hydrogens (tertiary/aromatic N) is 3. The van der Waals surface area contributed by atoms with Crippen LogP contribution in [-0.2, 0) is 10.3 Å². The standard InChI is InChI=1S/C10H16N4O2S/c1-10(2,8(13-16)9(15)11-3)14-6-5-7(12-14)17-4/h5-6,16H,1-4H3,(H,11,15). The average Bonchev–Trinajstić information content (AvgIpc) is 2.78. The van der Waals surface area contributed by atoms with E-state index in [1.165, 1.54) is 18.8 Å². The van der Waals surface area contributed by atoms with Crippen LogP contribution in [0.1, 0.15) is 13.8 Å². The highest BCUT2D eigenvalue weighted by molar-refractivity contribution is 7.98. The Bertz CT molecular complexity index is 439. The molecule has 0 radical (unpaired) electrons. The van der Waals surface area contributed by atoms with Crippen molar-refractivity contribution in [2.75, 3.05) is 13.3 Å². The summed E-state index contributed by atoms with van der Waals surface area (Å²) in [4.78, 5) is 11.6. The molecule has 0 aromatic carbocycles. The van der Waals surface area contributed by atoms with E-state index in [4.69, 9.17) is 5.21 Å². The highest BCUT2D eigenvalue weighted by atomic mass is 32.2. The van der Waals surface area contributed by atoms with Gasteiger partial charge in [-0.15, -0.1) is 11.8 Å². The number of amides is 1. The highest BCUT2D eigenvalue weighted by Gasteiger charge is 2.33. The molecule has 0 atom stereocenters. The number of carbonyl (C=O) groups is 1. The van der Waals surface area contributed by atoms with Crippen LogP contribution in [0.5, 0.6) is 0 Å². The summed E-state index contributed by atoms with van der Waals surface area (Å²) in [5, 5.41) is 19.6. The number of rotatable bonds is 4. The van der Waals surface area contributed by atoms with Crippen LogP contribution in [0.25, 0.3) is 0 Å². The summed E-state index contributed by atoms with van der Waals surface area (Å²) in [7, 11) is 1.49. The summed E-state index contributed by atoms with van der Waals surface area (Å²) in [6.07, 6.45) is 3.67. The topological polar surface area (TPSA) is 79.5 Å². The van der Waals surface area contributed by atoms with Crippen molar-refractivity contribution in [2.45, 2.75) is 24.4 Å². The van der Waals surface area contributed by atoms with Crippen LogP contribution >= 0.6 is 11.8 Å². The Kier molecular flexibility index (Phi) is 4.17. The third kappa shape index (κ3) is 2.60. The van der Waals surface area contributed by atoms with Crippen molar-refractivity contribution in [1.82, 2.24) is 15.1 Å². The van der Waals surface area contributed by atoms with E-state index >= 15 is 0 Å². The molecule has 0 fully saturated rings. The van der Waals surface area contributed by atoms with Crippen molar-refractivity contribution in [3.63, 3.8) is 0 Å². The van der Waals surface area contributed by atoms with E-state index in [0.29, 0.717) is 0 Å². The van der Waals surface area contributed by atoms with Gasteiger partial charge in [-0.2, -0.15) is 5.10 Å². The summed E-state index contributed by atoms with van der Waals surface area (Å²) in [6, 6.07) is 1.84. The van der Waals surface area contributed by atoms with Gasteiger partial charge in [0, 0.05) is 13.2 Å². The minimum Gasteiger partial charge on any atom is -0.410 e. The van der Waals surface area contributed by atoms with Gasteiger partial charge in [0.15, 0.2) is 5.71 Å². The number of thioether (sulfide) groups is 1. The van der Waals surface area contributed by atoms with Crippen molar-refractivity contribution in [1.29, 1.82) is 0 Å². The smallest absolute Gasteiger partial charge is 0.271 e. The minimum absolute atomic E-state index is 0.00996. The van der Waals surface area contributed by atoms with Gasteiger partial charge in [-0.25, -0.2) is 0 Å². The van der Waals surface area contributed by atoms with E-state index in [1.807, 2.05) is 12.3 Å². The largest absolute Gasteiger partial charge is 0.410 e. The Balaban J connectivity index is 3.12. The maximum atomic E-state index is 11.6. The van der Waals surface area contributed by atoms with Gasteiger partial charge in [0.1, 0.15) is 10.6 Å². The molecule has 0 aliphatic rings. The quantitative estimate of drug-likeness (QED) is 0.363. The van der Waals surface area contributed by atoms with Gasteiger partial charge < -0.3 is 10.5 Å². The van der Waals surface area contributed by atoms with Gasteiger partial charge in [0.25, 0.3) is 5.91 Å². The minimum atomic E-state index is -0.817. The summed E-state index contributed by atoms with van der Waals surface area (Å²) >= 11 is 1.50. The molecule has 0 bridgehead atoms. The van der Waals surface area contributed by atoms with Gasteiger partial charge >= 0.3 is 0 Å². The zero-order valence-corrected chi connectivity index (χ0v) is 11.1. The van der Waals surface area contributed by atoms with Gasteiger partial charge in [-0.1, -0.05) is 5.16 Å². The molecule has 0 spiro atoms. The van der Waals surface area contributed by atoms with Crippen LogP contribution in [0.2, 0.25) is 0 Å². The van der Waals surface area contributed by atoms with Crippen molar-refractivity contribution < 1.29 is 10.0 Å². The first-order chi connectivity index (χ1) is 7.97. The Hall–Kier alpha value is -1.50. The highest BCUT2D eigenvalue weighted by Crippen LogP contribution is 2.20. The number of hydrogen-bond donors (Lipinski definition) is 2. The second-order valence-corrected chi connectivity index (χ2v) is 4.72. The first kappa shape index (κ1) is 13.6.